The zero-order valence-electron chi connectivity index (χ0n) is 11.6. The Bertz CT molecular complexity index is 427. The Balaban J connectivity index is 1.47. The van der Waals surface area contributed by atoms with Gasteiger partial charge in [-0.25, -0.2) is 0 Å². The van der Waals surface area contributed by atoms with Crippen LogP contribution in [-0.2, 0) is 12.8 Å². The van der Waals surface area contributed by atoms with E-state index in [0.717, 1.165) is 18.0 Å². The van der Waals surface area contributed by atoms with E-state index in [1.807, 2.05) is 0 Å². The third kappa shape index (κ3) is 2.44. The molecule has 1 atom stereocenters. The average molecular weight is 256 g/mol. The number of nitrogens with zero attached hydrogens (tertiary/aromatic N) is 1. The van der Waals surface area contributed by atoms with Crippen LogP contribution in [0.15, 0.2) is 24.3 Å². The second-order valence-corrected chi connectivity index (χ2v) is 6.58. The van der Waals surface area contributed by atoms with Crippen molar-refractivity contribution in [3.63, 3.8) is 0 Å². The van der Waals surface area contributed by atoms with Crippen molar-refractivity contribution >= 4 is 0 Å². The van der Waals surface area contributed by atoms with Crippen molar-refractivity contribution in [2.75, 3.05) is 19.6 Å². The molecule has 2 aliphatic carbocycles. The third-order valence-electron chi connectivity index (χ3n) is 5.20. The summed E-state index contributed by atoms with van der Waals surface area (Å²) < 4.78 is 0. The van der Waals surface area contributed by atoms with Crippen LogP contribution in [0.3, 0.4) is 0 Å². The number of benzene rings is 1. The number of hydrogen-bond donors (Lipinski definition) is 1. The second-order valence-electron chi connectivity index (χ2n) is 6.58. The van der Waals surface area contributed by atoms with E-state index < -0.39 is 0 Å². The van der Waals surface area contributed by atoms with E-state index in [2.05, 4.69) is 34.5 Å². The van der Waals surface area contributed by atoms with Crippen molar-refractivity contribution in [2.45, 2.75) is 44.2 Å². The predicted molar refractivity (Wildman–Crippen MR) is 78.3 cm³/mol. The Kier molecular flexibility index (Phi) is 3.08. The van der Waals surface area contributed by atoms with Gasteiger partial charge in [0.15, 0.2) is 0 Å². The zero-order valence-corrected chi connectivity index (χ0v) is 11.6. The summed E-state index contributed by atoms with van der Waals surface area (Å²) in [5, 5.41) is 3.78. The highest BCUT2D eigenvalue weighted by Crippen LogP contribution is 2.34. The first kappa shape index (κ1) is 11.9. The van der Waals surface area contributed by atoms with Crippen molar-refractivity contribution in [3.05, 3.63) is 35.4 Å². The lowest BCUT2D eigenvalue weighted by Gasteiger charge is -2.30. The van der Waals surface area contributed by atoms with E-state index in [1.54, 1.807) is 11.1 Å². The molecule has 0 spiro atoms. The molecule has 4 rings (SSSR count). The first-order valence-electron chi connectivity index (χ1n) is 7.94. The predicted octanol–water partition coefficient (Wildman–Crippen LogP) is 2.23. The molecule has 0 radical (unpaired) electrons. The lowest BCUT2D eigenvalue weighted by molar-refractivity contribution is 0.192. The van der Waals surface area contributed by atoms with E-state index in [4.69, 9.17) is 0 Å². The highest BCUT2D eigenvalue weighted by Gasteiger charge is 2.35. The normalized spacial score (nSPS) is 29.2. The Morgan fingerprint density at radius 1 is 1.05 bits per heavy atom. The molecule has 0 amide bonds. The molecular formula is C17H24N2. The number of fused-ring (bicyclic) bond motifs is 1. The molecular weight excluding hydrogens is 232 g/mol. The topological polar surface area (TPSA) is 15.3 Å². The van der Waals surface area contributed by atoms with Gasteiger partial charge in [0.2, 0.25) is 0 Å². The summed E-state index contributed by atoms with van der Waals surface area (Å²) >= 11 is 0. The van der Waals surface area contributed by atoms with Gasteiger partial charge in [0.1, 0.15) is 0 Å². The monoisotopic (exact) mass is 256 g/mol. The molecule has 3 aliphatic rings. The van der Waals surface area contributed by atoms with Gasteiger partial charge in [0.25, 0.3) is 0 Å². The van der Waals surface area contributed by atoms with Crippen molar-refractivity contribution in [1.29, 1.82) is 0 Å². The molecule has 1 N–H and O–H groups in total. The van der Waals surface area contributed by atoms with Crippen LogP contribution in [0.25, 0.3) is 0 Å². The lowest BCUT2D eigenvalue weighted by atomic mass is 10.1. The van der Waals surface area contributed by atoms with Gasteiger partial charge in [0.05, 0.1) is 0 Å². The van der Waals surface area contributed by atoms with E-state index in [-0.39, 0.29) is 0 Å². The van der Waals surface area contributed by atoms with Crippen molar-refractivity contribution in [2.24, 2.45) is 5.92 Å². The van der Waals surface area contributed by atoms with Crippen molar-refractivity contribution in [1.82, 2.24) is 10.2 Å². The van der Waals surface area contributed by atoms with Gasteiger partial charge in [0, 0.05) is 18.6 Å². The summed E-state index contributed by atoms with van der Waals surface area (Å²) in [5.74, 6) is 0.976. The minimum Gasteiger partial charge on any atom is -0.312 e. The minimum atomic E-state index is 0.763. The van der Waals surface area contributed by atoms with E-state index in [9.17, 15) is 0 Å². The molecule has 2 fully saturated rings. The molecule has 1 aromatic rings. The van der Waals surface area contributed by atoms with Crippen LogP contribution in [0.2, 0.25) is 0 Å². The molecule has 102 valence electrons. The van der Waals surface area contributed by atoms with Gasteiger partial charge in [-0.05, 0) is 62.2 Å². The highest BCUT2D eigenvalue weighted by atomic mass is 15.2. The van der Waals surface area contributed by atoms with Gasteiger partial charge in [-0.1, -0.05) is 24.3 Å². The van der Waals surface area contributed by atoms with E-state index >= 15 is 0 Å². The van der Waals surface area contributed by atoms with Crippen molar-refractivity contribution < 1.29 is 0 Å². The average Bonchev–Trinajstić information content (AvgIpc) is 3.21. The maximum absolute atomic E-state index is 3.78. The minimum absolute atomic E-state index is 0.763. The van der Waals surface area contributed by atoms with Crippen LogP contribution >= 0.6 is 0 Å². The third-order valence-corrected chi connectivity index (χ3v) is 5.20. The molecule has 1 aliphatic heterocycles. The van der Waals surface area contributed by atoms with Crippen LogP contribution in [-0.4, -0.2) is 36.6 Å². The summed E-state index contributed by atoms with van der Waals surface area (Å²) in [7, 11) is 0. The molecule has 19 heavy (non-hydrogen) atoms. The Morgan fingerprint density at radius 2 is 1.79 bits per heavy atom. The van der Waals surface area contributed by atoms with Gasteiger partial charge in [-0.3, -0.25) is 4.90 Å². The summed E-state index contributed by atoms with van der Waals surface area (Å²) in [6.45, 7) is 3.79. The Hall–Kier alpha value is -0.860. The SMILES string of the molecule is c1ccc2c(c1)CC(N1CCCNC(C3CC3)C1)C2. The molecule has 2 nitrogen and oxygen atoms in total. The molecule has 1 unspecified atom stereocenters. The smallest absolute Gasteiger partial charge is 0.0223 e. The molecule has 1 heterocycles. The number of nitrogens with one attached hydrogen (secondary N) is 1. The fourth-order valence-electron chi connectivity index (χ4n) is 3.92. The van der Waals surface area contributed by atoms with E-state index in [0.29, 0.717) is 0 Å². The lowest BCUT2D eigenvalue weighted by Crippen LogP contribution is -2.44. The molecule has 0 bridgehead atoms. The van der Waals surface area contributed by atoms with Gasteiger partial charge in [-0.15, -0.1) is 0 Å². The standard InChI is InChI=1S/C17H24N2/c1-2-5-15-11-16(10-14(15)4-1)19-9-3-8-18-17(12-19)13-6-7-13/h1-2,4-5,13,16-18H,3,6-12H2. The fourth-order valence-corrected chi connectivity index (χ4v) is 3.92. The first-order chi connectivity index (χ1) is 9.40. The Labute approximate surface area is 116 Å². The van der Waals surface area contributed by atoms with E-state index in [1.165, 1.54) is 51.7 Å². The highest BCUT2D eigenvalue weighted by molar-refractivity contribution is 5.33. The van der Waals surface area contributed by atoms with Crippen LogP contribution < -0.4 is 5.32 Å². The van der Waals surface area contributed by atoms with Crippen LogP contribution in [0.1, 0.15) is 30.4 Å². The maximum Gasteiger partial charge on any atom is 0.0223 e. The molecule has 2 heteroatoms. The van der Waals surface area contributed by atoms with Crippen molar-refractivity contribution in [3.8, 4) is 0 Å². The maximum atomic E-state index is 3.78. The largest absolute Gasteiger partial charge is 0.312 e. The second kappa shape index (κ2) is 4.92. The Morgan fingerprint density at radius 3 is 2.47 bits per heavy atom. The molecule has 1 saturated heterocycles. The fraction of sp³-hybridized carbons (Fsp3) is 0.647. The summed E-state index contributed by atoms with van der Waals surface area (Å²) in [6.07, 6.45) is 6.77. The zero-order chi connectivity index (χ0) is 12.7. The molecule has 0 aromatic heterocycles. The summed E-state index contributed by atoms with van der Waals surface area (Å²) in [5.41, 5.74) is 3.18. The number of rotatable bonds is 2. The van der Waals surface area contributed by atoms with Crippen LogP contribution in [0.5, 0.6) is 0 Å². The van der Waals surface area contributed by atoms with Gasteiger partial charge >= 0.3 is 0 Å². The van der Waals surface area contributed by atoms with Gasteiger partial charge in [-0.2, -0.15) is 0 Å². The summed E-state index contributed by atoms with van der Waals surface area (Å²) in [6, 6.07) is 10.6. The van der Waals surface area contributed by atoms with Crippen LogP contribution in [0.4, 0.5) is 0 Å². The first-order valence-corrected chi connectivity index (χ1v) is 7.94. The molecule has 1 aromatic carbocycles. The van der Waals surface area contributed by atoms with Crippen LogP contribution in [0, 0.1) is 5.92 Å². The summed E-state index contributed by atoms with van der Waals surface area (Å²) in [4.78, 5) is 2.78. The quantitative estimate of drug-likeness (QED) is 0.873. The molecule has 1 saturated carbocycles. The number of hydrogen-bond acceptors (Lipinski definition) is 2. The van der Waals surface area contributed by atoms with Gasteiger partial charge < -0.3 is 5.32 Å².